The number of hydrogen-bond donors (Lipinski definition) is 1. The molecule has 0 atom stereocenters. The van der Waals surface area contributed by atoms with E-state index in [1.165, 1.54) is 0 Å². The van der Waals surface area contributed by atoms with Crippen molar-refractivity contribution in [2.24, 2.45) is 5.73 Å². The van der Waals surface area contributed by atoms with Gasteiger partial charge in [0.05, 0.1) is 0 Å². The van der Waals surface area contributed by atoms with E-state index in [1.54, 1.807) is 0 Å². The summed E-state index contributed by atoms with van der Waals surface area (Å²) in [7, 11) is 0. The molecule has 0 aliphatic heterocycles. The van der Waals surface area contributed by atoms with Crippen LogP contribution in [0.25, 0.3) is 0 Å². The molecular weight excluding hydrogens is 166 g/mol. The van der Waals surface area contributed by atoms with Gasteiger partial charge in [-0.25, -0.2) is 0 Å². The van der Waals surface area contributed by atoms with Crippen LogP contribution in [-0.2, 0) is 0 Å². The van der Waals surface area contributed by atoms with Crippen molar-refractivity contribution >= 4 is 15.9 Å². The lowest BCUT2D eigenvalue weighted by Gasteiger charge is -2.32. The van der Waals surface area contributed by atoms with Crippen LogP contribution >= 0.6 is 15.9 Å². The SMILES string of the molecule is CC(C)(N)C(C)(C)Br. The Balaban J connectivity index is 4.02. The molecule has 0 radical (unpaired) electrons. The molecule has 0 spiro atoms. The van der Waals surface area contributed by atoms with E-state index in [4.69, 9.17) is 5.73 Å². The largest absolute Gasteiger partial charge is 0.324 e. The van der Waals surface area contributed by atoms with Gasteiger partial charge in [0.25, 0.3) is 0 Å². The molecule has 0 fully saturated rings. The highest BCUT2D eigenvalue weighted by Gasteiger charge is 2.29. The smallest absolute Gasteiger partial charge is 0.0375 e. The highest BCUT2D eigenvalue weighted by molar-refractivity contribution is 9.10. The second-order valence-corrected chi connectivity index (χ2v) is 5.18. The monoisotopic (exact) mass is 179 g/mol. The molecule has 0 bridgehead atoms. The summed E-state index contributed by atoms with van der Waals surface area (Å²) in [5.74, 6) is 0. The lowest BCUT2D eigenvalue weighted by molar-refractivity contribution is 0.420. The van der Waals surface area contributed by atoms with Crippen LogP contribution in [0, 0.1) is 0 Å². The number of alkyl halides is 1. The quantitative estimate of drug-likeness (QED) is 0.612. The van der Waals surface area contributed by atoms with Gasteiger partial charge in [0, 0.05) is 9.86 Å². The van der Waals surface area contributed by atoms with Crippen LogP contribution in [0.2, 0.25) is 0 Å². The van der Waals surface area contributed by atoms with Gasteiger partial charge < -0.3 is 5.73 Å². The summed E-state index contributed by atoms with van der Waals surface area (Å²) in [5.41, 5.74) is 5.62. The Kier molecular flexibility index (Phi) is 2.10. The molecule has 50 valence electrons. The van der Waals surface area contributed by atoms with E-state index in [0.29, 0.717) is 0 Å². The van der Waals surface area contributed by atoms with Crippen LogP contribution in [0.3, 0.4) is 0 Å². The molecule has 0 unspecified atom stereocenters. The molecule has 0 aromatic heterocycles. The van der Waals surface area contributed by atoms with Crippen LogP contribution in [0.5, 0.6) is 0 Å². The third kappa shape index (κ3) is 2.14. The van der Waals surface area contributed by atoms with Crippen molar-refractivity contribution in [2.45, 2.75) is 37.6 Å². The normalized spacial score (nSPS) is 14.2. The average molecular weight is 180 g/mol. The Morgan fingerprint density at radius 2 is 1.25 bits per heavy atom. The third-order valence-corrected chi connectivity index (χ3v) is 2.55. The Labute approximate surface area is 59.8 Å². The summed E-state index contributed by atoms with van der Waals surface area (Å²) in [6.45, 7) is 8.13. The lowest BCUT2D eigenvalue weighted by atomic mass is 9.92. The van der Waals surface area contributed by atoms with Gasteiger partial charge in [-0.3, -0.25) is 0 Å². The zero-order chi connectivity index (χ0) is 7.00. The summed E-state index contributed by atoms with van der Waals surface area (Å²) < 4.78 is 0.0278. The number of hydrogen-bond acceptors (Lipinski definition) is 1. The molecule has 0 rings (SSSR count). The van der Waals surface area contributed by atoms with Crippen molar-refractivity contribution in [3.63, 3.8) is 0 Å². The van der Waals surface area contributed by atoms with E-state index in [9.17, 15) is 0 Å². The molecule has 8 heavy (non-hydrogen) atoms. The van der Waals surface area contributed by atoms with Gasteiger partial charge in [0.15, 0.2) is 0 Å². The average Bonchev–Trinajstić information content (AvgIpc) is 1.25. The van der Waals surface area contributed by atoms with Crippen molar-refractivity contribution in [1.29, 1.82) is 0 Å². The standard InChI is InChI=1S/C6H14BrN/c1-5(2,7)6(3,4)8/h8H2,1-4H3. The van der Waals surface area contributed by atoms with E-state index in [1.807, 2.05) is 13.8 Å². The molecule has 0 aliphatic carbocycles. The van der Waals surface area contributed by atoms with Crippen LogP contribution in [0.1, 0.15) is 27.7 Å². The Hall–Kier alpha value is 0.440. The number of halogens is 1. The van der Waals surface area contributed by atoms with Gasteiger partial charge in [-0.1, -0.05) is 15.9 Å². The fourth-order valence-corrected chi connectivity index (χ4v) is 0. The van der Waals surface area contributed by atoms with Crippen LogP contribution in [0.15, 0.2) is 0 Å². The first kappa shape index (κ1) is 8.44. The second kappa shape index (κ2) is 1.99. The van der Waals surface area contributed by atoms with Gasteiger partial charge >= 0.3 is 0 Å². The summed E-state index contributed by atoms with van der Waals surface area (Å²) in [5, 5.41) is 0. The highest BCUT2D eigenvalue weighted by Crippen LogP contribution is 2.27. The molecule has 1 nitrogen and oxygen atoms in total. The minimum Gasteiger partial charge on any atom is -0.324 e. The molecule has 2 heteroatoms. The summed E-state index contributed by atoms with van der Waals surface area (Å²) in [4.78, 5) is 0. The number of rotatable bonds is 1. The Morgan fingerprint density at radius 1 is 1.12 bits per heavy atom. The molecule has 0 saturated heterocycles. The molecular formula is C6H14BrN. The number of nitrogens with two attached hydrogens (primary N) is 1. The molecule has 0 heterocycles. The van der Waals surface area contributed by atoms with Crippen LogP contribution in [0.4, 0.5) is 0 Å². The molecule has 0 saturated carbocycles. The van der Waals surface area contributed by atoms with E-state index in [2.05, 4.69) is 29.8 Å². The maximum absolute atomic E-state index is 5.77. The van der Waals surface area contributed by atoms with Gasteiger partial charge in [-0.15, -0.1) is 0 Å². The van der Waals surface area contributed by atoms with E-state index in [-0.39, 0.29) is 9.86 Å². The molecule has 0 aromatic carbocycles. The minimum atomic E-state index is -0.146. The summed E-state index contributed by atoms with van der Waals surface area (Å²) >= 11 is 3.47. The Morgan fingerprint density at radius 3 is 1.25 bits per heavy atom. The summed E-state index contributed by atoms with van der Waals surface area (Å²) in [6, 6.07) is 0. The van der Waals surface area contributed by atoms with Gasteiger partial charge in [-0.05, 0) is 27.7 Å². The van der Waals surface area contributed by atoms with Crippen molar-refractivity contribution in [2.75, 3.05) is 0 Å². The third-order valence-electron chi connectivity index (χ3n) is 1.53. The van der Waals surface area contributed by atoms with Crippen molar-refractivity contribution in [3.8, 4) is 0 Å². The fourth-order valence-electron chi connectivity index (χ4n) is 0. The van der Waals surface area contributed by atoms with Gasteiger partial charge in [0.1, 0.15) is 0 Å². The molecule has 0 aliphatic rings. The molecule has 2 N–H and O–H groups in total. The Bertz CT molecular complexity index is 63.5. The summed E-state index contributed by atoms with van der Waals surface area (Å²) in [6.07, 6.45) is 0. The van der Waals surface area contributed by atoms with E-state index >= 15 is 0 Å². The topological polar surface area (TPSA) is 26.0 Å². The minimum absolute atomic E-state index is 0.0278. The predicted octanol–water partition coefficient (Wildman–Crippen LogP) is 1.90. The lowest BCUT2D eigenvalue weighted by Crippen LogP contribution is -2.48. The predicted molar refractivity (Wildman–Crippen MR) is 41.3 cm³/mol. The first-order chi connectivity index (χ1) is 3.25. The zero-order valence-corrected chi connectivity index (χ0v) is 7.54. The maximum Gasteiger partial charge on any atom is 0.0375 e. The van der Waals surface area contributed by atoms with Crippen molar-refractivity contribution < 1.29 is 0 Å². The van der Waals surface area contributed by atoms with E-state index in [0.717, 1.165) is 0 Å². The zero-order valence-electron chi connectivity index (χ0n) is 5.96. The molecule has 0 aromatic rings. The van der Waals surface area contributed by atoms with Crippen LogP contribution < -0.4 is 5.73 Å². The highest BCUT2D eigenvalue weighted by atomic mass is 79.9. The van der Waals surface area contributed by atoms with E-state index < -0.39 is 0 Å². The van der Waals surface area contributed by atoms with Gasteiger partial charge in [-0.2, -0.15) is 0 Å². The molecule has 0 amide bonds. The van der Waals surface area contributed by atoms with Gasteiger partial charge in [0.2, 0.25) is 0 Å². The maximum atomic E-state index is 5.77. The van der Waals surface area contributed by atoms with Crippen LogP contribution in [-0.4, -0.2) is 9.86 Å². The fraction of sp³-hybridized carbons (Fsp3) is 1.00. The second-order valence-electron chi connectivity index (χ2n) is 3.19. The van der Waals surface area contributed by atoms with Crippen molar-refractivity contribution in [1.82, 2.24) is 0 Å². The van der Waals surface area contributed by atoms with Crippen molar-refractivity contribution in [3.05, 3.63) is 0 Å². The first-order valence-corrected chi connectivity index (χ1v) is 3.52. The first-order valence-electron chi connectivity index (χ1n) is 2.73.